The van der Waals surface area contributed by atoms with Gasteiger partial charge in [0.05, 0.1) is 5.75 Å². The van der Waals surface area contributed by atoms with Crippen LogP contribution in [0.2, 0.25) is 0 Å². The minimum Gasteiger partial charge on any atom is -0.354 e. The molecule has 2 rings (SSSR count). The second-order valence-electron chi connectivity index (χ2n) is 8.06. The third-order valence-electron chi connectivity index (χ3n) is 5.23. The fourth-order valence-corrected chi connectivity index (χ4v) is 4.43. The lowest BCUT2D eigenvalue weighted by Gasteiger charge is -2.30. The Hall–Kier alpha value is -2.27. The molecule has 0 saturated heterocycles. The minimum atomic E-state index is -0.454. The van der Waals surface area contributed by atoms with Gasteiger partial charge in [-0.1, -0.05) is 79.9 Å². The van der Waals surface area contributed by atoms with Crippen LogP contribution >= 0.6 is 11.8 Å². The van der Waals surface area contributed by atoms with Crippen LogP contribution in [0.3, 0.4) is 0 Å². The first-order valence-electron chi connectivity index (χ1n) is 11.2. The van der Waals surface area contributed by atoms with Gasteiger partial charge >= 0.3 is 0 Å². The molecular weight excluding hydrogens is 404 g/mol. The summed E-state index contributed by atoms with van der Waals surface area (Å²) in [5.41, 5.74) is 4.64. The van der Waals surface area contributed by atoms with Crippen LogP contribution in [0.1, 0.15) is 55.4 Å². The van der Waals surface area contributed by atoms with Gasteiger partial charge in [0.1, 0.15) is 6.04 Å². The van der Waals surface area contributed by atoms with Crippen LogP contribution in [0.25, 0.3) is 0 Å². The van der Waals surface area contributed by atoms with Crippen molar-refractivity contribution in [3.63, 3.8) is 0 Å². The van der Waals surface area contributed by atoms with Crippen molar-refractivity contribution in [1.29, 1.82) is 0 Å². The molecule has 2 amide bonds. The highest BCUT2D eigenvalue weighted by atomic mass is 32.2. The monoisotopic (exact) mass is 440 g/mol. The molecule has 0 aliphatic heterocycles. The maximum atomic E-state index is 13.2. The predicted octanol–water partition coefficient (Wildman–Crippen LogP) is 5.26. The van der Waals surface area contributed by atoms with Crippen LogP contribution in [0.5, 0.6) is 0 Å². The summed E-state index contributed by atoms with van der Waals surface area (Å²) in [6.07, 6.45) is 2.57. The first-order chi connectivity index (χ1) is 14.9. The van der Waals surface area contributed by atoms with Gasteiger partial charge in [-0.2, -0.15) is 0 Å². The van der Waals surface area contributed by atoms with Crippen molar-refractivity contribution in [1.82, 2.24) is 10.2 Å². The molecule has 5 heteroatoms. The fourth-order valence-electron chi connectivity index (χ4n) is 3.57. The standard InChI is InChI=1S/C26H36N2O2S/c1-5-7-14-27-26(30)24(6-2)28(17-22-12-8-10-20(3)15-22)25(29)19-31-18-23-13-9-11-21(4)16-23/h8-13,15-16,24H,5-7,14,17-19H2,1-4H3,(H,27,30). The molecule has 0 heterocycles. The molecule has 0 bridgehead atoms. The topological polar surface area (TPSA) is 49.4 Å². The number of aryl methyl sites for hydroxylation is 2. The van der Waals surface area contributed by atoms with Crippen LogP contribution in [0, 0.1) is 13.8 Å². The zero-order chi connectivity index (χ0) is 22.6. The SMILES string of the molecule is CCCCNC(=O)C(CC)N(Cc1cccc(C)c1)C(=O)CSCc1cccc(C)c1. The van der Waals surface area contributed by atoms with Crippen molar-refractivity contribution in [3.8, 4) is 0 Å². The Morgan fingerprint density at radius 2 is 1.65 bits per heavy atom. The smallest absolute Gasteiger partial charge is 0.242 e. The van der Waals surface area contributed by atoms with Crippen LogP contribution in [0.4, 0.5) is 0 Å². The second kappa shape index (κ2) is 13.2. The zero-order valence-corrected chi connectivity index (χ0v) is 20.1. The number of hydrogen-bond acceptors (Lipinski definition) is 3. The molecule has 4 nitrogen and oxygen atoms in total. The number of benzene rings is 2. The summed E-state index contributed by atoms with van der Waals surface area (Å²) in [5.74, 6) is 1.10. The molecular formula is C26H36N2O2S. The van der Waals surface area contributed by atoms with Crippen molar-refractivity contribution in [2.24, 2.45) is 0 Å². The Kier molecular flexibility index (Phi) is 10.6. The van der Waals surface area contributed by atoms with E-state index in [1.54, 1.807) is 16.7 Å². The lowest BCUT2D eigenvalue weighted by molar-refractivity contribution is -0.139. The Morgan fingerprint density at radius 3 is 2.26 bits per heavy atom. The summed E-state index contributed by atoms with van der Waals surface area (Å²) < 4.78 is 0. The summed E-state index contributed by atoms with van der Waals surface area (Å²) in [6.45, 7) is 9.29. The van der Waals surface area contributed by atoms with Crippen molar-refractivity contribution < 1.29 is 9.59 Å². The summed E-state index contributed by atoms with van der Waals surface area (Å²) in [4.78, 5) is 27.9. The van der Waals surface area contributed by atoms with Gasteiger partial charge in [-0.3, -0.25) is 9.59 Å². The average molecular weight is 441 g/mol. The van der Waals surface area contributed by atoms with Gasteiger partial charge in [0.25, 0.3) is 0 Å². The van der Waals surface area contributed by atoms with E-state index in [0.29, 0.717) is 25.3 Å². The lowest BCUT2D eigenvalue weighted by Crippen LogP contribution is -2.49. The lowest BCUT2D eigenvalue weighted by atomic mass is 10.1. The van der Waals surface area contributed by atoms with Crippen LogP contribution in [0.15, 0.2) is 48.5 Å². The summed E-state index contributed by atoms with van der Waals surface area (Å²) in [7, 11) is 0. The zero-order valence-electron chi connectivity index (χ0n) is 19.3. The molecule has 0 spiro atoms. The van der Waals surface area contributed by atoms with E-state index in [9.17, 15) is 9.59 Å². The number of thioether (sulfide) groups is 1. The van der Waals surface area contributed by atoms with E-state index >= 15 is 0 Å². The fraction of sp³-hybridized carbons (Fsp3) is 0.462. The third-order valence-corrected chi connectivity index (χ3v) is 6.22. The quantitative estimate of drug-likeness (QED) is 0.458. The maximum absolute atomic E-state index is 13.2. The molecule has 1 N–H and O–H groups in total. The largest absolute Gasteiger partial charge is 0.354 e. The number of carbonyl (C=O) groups is 2. The predicted molar refractivity (Wildman–Crippen MR) is 131 cm³/mol. The van der Waals surface area contributed by atoms with Crippen molar-refractivity contribution in [3.05, 3.63) is 70.8 Å². The van der Waals surface area contributed by atoms with Gasteiger partial charge in [0.2, 0.25) is 11.8 Å². The van der Waals surface area contributed by atoms with Gasteiger partial charge in [-0.15, -0.1) is 11.8 Å². The molecule has 0 radical (unpaired) electrons. The number of rotatable bonds is 12. The molecule has 2 aromatic rings. The molecule has 168 valence electrons. The highest BCUT2D eigenvalue weighted by Crippen LogP contribution is 2.18. The number of hydrogen-bond donors (Lipinski definition) is 1. The van der Waals surface area contributed by atoms with Gasteiger partial charge < -0.3 is 10.2 Å². The molecule has 0 aromatic heterocycles. The Morgan fingerprint density at radius 1 is 1.00 bits per heavy atom. The van der Waals surface area contributed by atoms with E-state index in [-0.39, 0.29) is 11.8 Å². The normalized spacial score (nSPS) is 11.7. The van der Waals surface area contributed by atoms with E-state index in [1.807, 2.05) is 38.1 Å². The Balaban J connectivity index is 2.10. The van der Waals surface area contributed by atoms with E-state index < -0.39 is 6.04 Å². The molecule has 2 aromatic carbocycles. The van der Waals surface area contributed by atoms with Crippen LogP contribution in [-0.2, 0) is 21.9 Å². The average Bonchev–Trinajstić information content (AvgIpc) is 2.74. The molecule has 0 fully saturated rings. The first kappa shape index (κ1) is 25.0. The van der Waals surface area contributed by atoms with Gasteiger partial charge in [-0.05, 0) is 37.8 Å². The minimum absolute atomic E-state index is 0.0108. The van der Waals surface area contributed by atoms with Crippen LogP contribution in [-0.4, -0.2) is 35.1 Å². The molecule has 1 unspecified atom stereocenters. The van der Waals surface area contributed by atoms with E-state index in [4.69, 9.17) is 0 Å². The number of nitrogens with zero attached hydrogens (tertiary/aromatic N) is 1. The number of amides is 2. The van der Waals surface area contributed by atoms with E-state index in [1.165, 1.54) is 11.1 Å². The van der Waals surface area contributed by atoms with Gasteiger partial charge in [0, 0.05) is 18.8 Å². The number of unbranched alkanes of at least 4 members (excludes halogenated alkanes) is 1. The molecule has 0 aliphatic rings. The Bertz CT molecular complexity index is 853. The Labute approximate surface area is 191 Å². The highest BCUT2D eigenvalue weighted by molar-refractivity contribution is 7.99. The summed E-state index contributed by atoms with van der Waals surface area (Å²) in [5, 5.41) is 3.02. The third kappa shape index (κ3) is 8.41. The van der Waals surface area contributed by atoms with Crippen LogP contribution < -0.4 is 5.32 Å². The van der Waals surface area contributed by atoms with Crippen molar-refractivity contribution in [2.45, 2.75) is 65.3 Å². The highest BCUT2D eigenvalue weighted by Gasteiger charge is 2.28. The molecule has 0 aliphatic carbocycles. The number of carbonyl (C=O) groups excluding carboxylic acids is 2. The van der Waals surface area contributed by atoms with Crippen molar-refractivity contribution in [2.75, 3.05) is 12.3 Å². The maximum Gasteiger partial charge on any atom is 0.242 e. The molecule has 31 heavy (non-hydrogen) atoms. The summed E-state index contributed by atoms with van der Waals surface area (Å²) in [6, 6.07) is 16.1. The van der Waals surface area contributed by atoms with E-state index in [2.05, 4.69) is 43.4 Å². The second-order valence-corrected chi connectivity index (χ2v) is 9.05. The van der Waals surface area contributed by atoms with Crippen molar-refractivity contribution >= 4 is 23.6 Å². The first-order valence-corrected chi connectivity index (χ1v) is 12.4. The molecule has 1 atom stereocenters. The van der Waals surface area contributed by atoms with E-state index in [0.717, 1.165) is 29.7 Å². The molecule has 0 saturated carbocycles. The summed E-state index contributed by atoms with van der Waals surface area (Å²) >= 11 is 1.60. The number of nitrogens with one attached hydrogen (secondary N) is 1. The van der Waals surface area contributed by atoms with Gasteiger partial charge in [-0.25, -0.2) is 0 Å². The van der Waals surface area contributed by atoms with Gasteiger partial charge in [0.15, 0.2) is 0 Å².